The maximum absolute atomic E-state index is 12.8. The largest absolute Gasteiger partial charge is 0.497 e. The molecule has 0 aliphatic heterocycles. The number of H-pyrrole nitrogens is 1. The van der Waals surface area contributed by atoms with Gasteiger partial charge in [-0.2, -0.15) is 0 Å². The van der Waals surface area contributed by atoms with Crippen LogP contribution < -0.4 is 10.1 Å². The number of hydrogen-bond acceptors (Lipinski definition) is 3. The normalized spacial score (nSPS) is 11.9. The van der Waals surface area contributed by atoms with Crippen LogP contribution in [0.4, 0.5) is 0 Å². The fourth-order valence-corrected chi connectivity index (χ4v) is 3.70. The van der Waals surface area contributed by atoms with Crippen LogP contribution in [0.2, 0.25) is 5.15 Å². The molecule has 0 fully saturated rings. The van der Waals surface area contributed by atoms with Gasteiger partial charge in [0.25, 0.3) is 0 Å². The number of nitrogens with one attached hydrogen (secondary N) is 2. The second-order valence-corrected chi connectivity index (χ2v) is 7.48. The van der Waals surface area contributed by atoms with Crippen LogP contribution in [0, 0.1) is 0 Å². The van der Waals surface area contributed by atoms with Crippen molar-refractivity contribution < 1.29 is 9.53 Å². The number of nitrogens with zero attached hydrogens (tertiary/aromatic N) is 1. The van der Waals surface area contributed by atoms with Gasteiger partial charge in [-0.05, 0) is 41.0 Å². The smallest absolute Gasteiger partial charge is 0.221 e. The van der Waals surface area contributed by atoms with E-state index in [4.69, 9.17) is 16.3 Å². The van der Waals surface area contributed by atoms with Gasteiger partial charge in [-0.25, -0.2) is 4.98 Å². The number of aromatic amines is 1. The summed E-state index contributed by atoms with van der Waals surface area (Å²) >= 11 is 5.99. The van der Waals surface area contributed by atoms with Crippen molar-refractivity contribution in [2.24, 2.45) is 0 Å². The predicted molar refractivity (Wildman–Crippen MR) is 119 cm³/mol. The van der Waals surface area contributed by atoms with E-state index in [1.54, 1.807) is 19.4 Å². The lowest BCUT2D eigenvalue weighted by Crippen LogP contribution is -2.25. The van der Waals surface area contributed by atoms with Crippen LogP contribution in [-0.4, -0.2) is 23.0 Å². The molecule has 6 heteroatoms. The molecule has 0 unspecified atom stereocenters. The highest BCUT2D eigenvalue weighted by Gasteiger charge is 2.22. The Morgan fingerprint density at radius 2 is 2.00 bits per heavy atom. The number of carbonyl (C=O) groups excluding carboxylic acids is 1. The van der Waals surface area contributed by atoms with E-state index in [0.29, 0.717) is 18.1 Å². The van der Waals surface area contributed by atoms with Crippen LogP contribution in [0.25, 0.3) is 10.9 Å². The molecule has 0 saturated heterocycles. The van der Waals surface area contributed by atoms with Gasteiger partial charge >= 0.3 is 0 Å². The molecule has 2 aromatic carbocycles. The average Bonchev–Trinajstić information content (AvgIpc) is 3.20. The number of methoxy groups -OCH3 is 1. The zero-order chi connectivity index (χ0) is 20.9. The summed E-state index contributed by atoms with van der Waals surface area (Å²) in [4.78, 5) is 20.4. The first-order chi connectivity index (χ1) is 14.6. The topological polar surface area (TPSA) is 67.0 Å². The number of benzene rings is 2. The van der Waals surface area contributed by atoms with Gasteiger partial charge in [-0.3, -0.25) is 4.79 Å². The Morgan fingerprint density at radius 1 is 1.17 bits per heavy atom. The Kier molecular flexibility index (Phi) is 6.00. The number of amides is 1. The van der Waals surface area contributed by atoms with Gasteiger partial charge in [0.05, 0.1) is 7.11 Å². The molecule has 152 valence electrons. The molecular formula is C24H22ClN3O2. The van der Waals surface area contributed by atoms with Crippen LogP contribution in [-0.2, 0) is 11.3 Å². The van der Waals surface area contributed by atoms with Crippen molar-refractivity contribution in [2.45, 2.75) is 18.9 Å². The van der Waals surface area contributed by atoms with E-state index in [2.05, 4.69) is 15.3 Å². The molecule has 4 rings (SSSR count). The monoisotopic (exact) mass is 419 g/mol. The first-order valence-corrected chi connectivity index (χ1v) is 10.1. The van der Waals surface area contributed by atoms with Crippen LogP contribution in [0.3, 0.4) is 0 Å². The van der Waals surface area contributed by atoms with E-state index in [0.717, 1.165) is 33.3 Å². The number of aromatic nitrogens is 2. The standard InChI is InChI=1S/C24H22ClN3O2/c1-30-18-8-9-22-20(11-18)21(15-26-22)19(17-7-10-23(25)27-14-17)12-24(29)28-13-16-5-3-2-4-6-16/h2-11,14-15,19,26H,12-13H2,1H3,(H,28,29)/t19-/m1/s1. The molecule has 0 aliphatic rings. The number of rotatable bonds is 7. The van der Waals surface area contributed by atoms with Crippen molar-refractivity contribution in [3.8, 4) is 5.75 Å². The summed E-state index contributed by atoms with van der Waals surface area (Å²) in [5, 5.41) is 4.46. The van der Waals surface area contributed by atoms with E-state index < -0.39 is 0 Å². The lowest BCUT2D eigenvalue weighted by molar-refractivity contribution is -0.121. The molecule has 2 aromatic heterocycles. The molecule has 2 heterocycles. The summed E-state index contributed by atoms with van der Waals surface area (Å²) in [5.74, 6) is 0.562. The summed E-state index contributed by atoms with van der Waals surface area (Å²) in [6, 6.07) is 19.4. The highest BCUT2D eigenvalue weighted by molar-refractivity contribution is 6.29. The van der Waals surface area contributed by atoms with Gasteiger partial charge in [-0.15, -0.1) is 0 Å². The molecule has 1 amide bonds. The van der Waals surface area contributed by atoms with Crippen LogP contribution in [0.5, 0.6) is 5.75 Å². The van der Waals surface area contributed by atoms with E-state index in [9.17, 15) is 4.79 Å². The van der Waals surface area contributed by atoms with Crippen molar-refractivity contribution in [1.29, 1.82) is 0 Å². The number of fused-ring (bicyclic) bond motifs is 1. The van der Waals surface area contributed by atoms with Gasteiger partial charge in [0.15, 0.2) is 0 Å². The molecule has 0 bridgehead atoms. The van der Waals surface area contributed by atoms with E-state index in [1.807, 2.05) is 60.8 Å². The Bertz CT molecular complexity index is 1140. The van der Waals surface area contributed by atoms with Gasteiger partial charge < -0.3 is 15.0 Å². The van der Waals surface area contributed by atoms with Crippen molar-refractivity contribution in [2.75, 3.05) is 7.11 Å². The van der Waals surface area contributed by atoms with Crippen molar-refractivity contribution >= 4 is 28.4 Å². The third kappa shape index (κ3) is 4.47. The quantitative estimate of drug-likeness (QED) is 0.411. The van der Waals surface area contributed by atoms with Crippen molar-refractivity contribution in [1.82, 2.24) is 15.3 Å². The van der Waals surface area contributed by atoms with Gasteiger partial charge in [0.1, 0.15) is 10.9 Å². The van der Waals surface area contributed by atoms with Crippen molar-refractivity contribution in [3.05, 3.63) is 94.9 Å². The second-order valence-electron chi connectivity index (χ2n) is 7.09. The molecule has 4 aromatic rings. The zero-order valence-electron chi connectivity index (χ0n) is 16.6. The Hall–Kier alpha value is -3.31. The minimum absolute atomic E-state index is 0.0314. The number of halogens is 1. The van der Waals surface area contributed by atoms with E-state index in [1.165, 1.54) is 0 Å². The molecule has 1 atom stereocenters. The van der Waals surface area contributed by atoms with E-state index in [-0.39, 0.29) is 11.8 Å². The highest BCUT2D eigenvalue weighted by atomic mass is 35.5. The van der Waals surface area contributed by atoms with Crippen LogP contribution in [0.15, 0.2) is 73.1 Å². The summed E-state index contributed by atoms with van der Waals surface area (Å²) in [6.45, 7) is 0.493. The summed E-state index contributed by atoms with van der Waals surface area (Å²) in [7, 11) is 1.64. The first kappa shape index (κ1) is 20.0. The molecule has 5 nitrogen and oxygen atoms in total. The van der Waals surface area contributed by atoms with Crippen molar-refractivity contribution in [3.63, 3.8) is 0 Å². The molecule has 30 heavy (non-hydrogen) atoms. The number of pyridine rings is 1. The average molecular weight is 420 g/mol. The van der Waals surface area contributed by atoms with Crippen LogP contribution in [0.1, 0.15) is 29.0 Å². The highest BCUT2D eigenvalue weighted by Crippen LogP contribution is 2.35. The summed E-state index contributed by atoms with van der Waals surface area (Å²) in [5.41, 5.74) is 4.00. The maximum Gasteiger partial charge on any atom is 0.221 e. The van der Waals surface area contributed by atoms with Gasteiger partial charge in [-0.1, -0.05) is 48.0 Å². The first-order valence-electron chi connectivity index (χ1n) is 9.71. The minimum atomic E-state index is -0.175. The number of ether oxygens (including phenoxy) is 1. The SMILES string of the molecule is COc1ccc2[nH]cc([C@H](CC(=O)NCc3ccccc3)c3ccc(Cl)nc3)c2c1. The van der Waals surface area contributed by atoms with Gasteiger partial charge in [0.2, 0.25) is 5.91 Å². The Morgan fingerprint density at radius 3 is 2.73 bits per heavy atom. The summed E-state index contributed by atoms with van der Waals surface area (Å²) < 4.78 is 5.39. The number of hydrogen-bond donors (Lipinski definition) is 2. The molecular weight excluding hydrogens is 398 g/mol. The molecule has 0 saturated carbocycles. The zero-order valence-corrected chi connectivity index (χ0v) is 17.3. The number of carbonyl (C=O) groups is 1. The van der Waals surface area contributed by atoms with E-state index >= 15 is 0 Å². The Balaban J connectivity index is 1.63. The third-order valence-electron chi connectivity index (χ3n) is 5.17. The fourth-order valence-electron chi connectivity index (χ4n) is 3.59. The lowest BCUT2D eigenvalue weighted by atomic mass is 9.89. The fraction of sp³-hybridized carbons (Fsp3) is 0.167. The predicted octanol–water partition coefficient (Wildman–Crippen LogP) is 5.06. The minimum Gasteiger partial charge on any atom is -0.497 e. The maximum atomic E-state index is 12.8. The van der Waals surface area contributed by atoms with Crippen LogP contribution >= 0.6 is 11.6 Å². The molecule has 0 spiro atoms. The molecule has 0 radical (unpaired) electrons. The lowest BCUT2D eigenvalue weighted by Gasteiger charge is -2.17. The molecule has 2 N–H and O–H groups in total. The second kappa shape index (κ2) is 9.01. The Labute approximate surface area is 180 Å². The third-order valence-corrected chi connectivity index (χ3v) is 5.39. The molecule has 0 aliphatic carbocycles. The van der Waals surface area contributed by atoms with Gasteiger partial charge in [0, 0.05) is 42.2 Å². The summed E-state index contributed by atoms with van der Waals surface area (Å²) in [6.07, 6.45) is 3.98.